The first kappa shape index (κ1) is 11.8. The molecule has 2 heteroatoms. The fourth-order valence-electron chi connectivity index (χ4n) is 3.10. The third-order valence-electron chi connectivity index (χ3n) is 3.61. The number of halogens is 1. The van der Waals surface area contributed by atoms with Crippen LogP contribution >= 0.6 is 15.9 Å². The van der Waals surface area contributed by atoms with Crippen molar-refractivity contribution in [1.82, 2.24) is 0 Å². The van der Waals surface area contributed by atoms with Crippen LogP contribution in [0, 0.1) is 0 Å². The summed E-state index contributed by atoms with van der Waals surface area (Å²) in [6.07, 6.45) is 2.05. The zero-order chi connectivity index (χ0) is 12.1. The first-order valence-electron chi connectivity index (χ1n) is 5.58. The molecule has 0 amide bonds. The van der Waals surface area contributed by atoms with Gasteiger partial charge in [0.05, 0.1) is 0 Å². The molecule has 0 aromatic heterocycles. The van der Waals surface area contributed by atoms with Gasteiger partial charge in [0, 0.05) is 10.0 Å². The number of aldehydes is 1. The Morgan fingerprint density at radius 1 is 1.12 bits per heavy atom. The predicted molar refractivity (Wildman–Crippen MR) is 70.2 cm³/mol. The maximum absolute atomic E-state index is 11.0. The summed E-state index contributed by atoms with van der Waals surface area (Å²) in [5, 5.41) is 0. The summed E-state index contributed by atoms with van der Waals surface area (Å²) in [6, 6.07) is 4.16. The summed E-state index contributed by atoms with van der Waals surface area (Å²) in [5.74, 6) is 0. The molecule has 1 nitrogen and oxygen atoms in total. The van der Waals surface area contributed by atoms with Gasteiger partial charge >= 0.3 is 0 Å². The van der Waals surface area contributed by atoms with Gasteiger partial charge in [-0.15, -0.1) is 0 Å². The van der Waals surface area contributed by atoms with Gasteiger partial charge in [0.1, 0.15) is 0 Å². The molecular formula is C14H17BrO. The van der Waals surface area contributed by atoms with Gasteiger partial charge in [0.2, 0.25) is 0 Å². The van der Waals surface area contributed by atoms with Crippen LogP contribution in [0.3, 0.4) is 0 Å². The molecule has 16 heavy (non-hydrogen) atoms. The van der Waals surface area contributed by atoms with Gasteiger partial charge < -0.3 is 0 Å². The van der Waals surface area contributed by atoms with Crippen LogP contribution < -0.4 is 0 Å². The molecule has 0 N–H and O–H groups in total. The van der Waals surface area contributed by atoms with E-state index in [0.29, 0.717) is 0 Å². The minimum atomic E-state index is 0.164. The summed E-state index contributed by atoms with van der Waals surface area (Å²) < 4.78 is 0.909. The van der Waals surface area contributed by atoms with Gasteiger partial charge in [-0.3, -0.25) is 4.79 Å². The van der Waals surface area contributed by atoms with Crippen molar-refractivity contribution >= 4 is 22.2 Å². The van der Waals surface area contributed by atoms with Crippen LogP contribution in [0.25, 0.3) is 0 Å². The second-order valence-corrected chi connectivity index (χ2v) is 6.84. The van der Waals surface area contributed by atoms with Crippen molar-refractivity contribution in [3.63, 3.8) is 0 Å². The lowest BCUT2D eigenvalue weighted by molar-refractivity contribution is 0.112. The van der Waals surface area contributed by atoms with E-state index < -0.39 is 0 Å². The summed E-state index contributed by atoms with van der Waals surface area (Å²) in [6.45, 7) is 9.05. The van der Waals surface area contributed by atoms with Crippen molar-refractivity contribution in [2.45, 2.75) is 44.9 Å². The summed E-state index contributed by atoms with van der Waals surface area (Å²) in [7, 11) is 0. The molecule has 1 aliphatic carbocycles. The molecule has 0 atom stereocenters. The monoisotopic (exact) mass is 280 g/mol. The third kappa shape index (κ3) is 1.64. The van der Waals surface area contributed by atoms with Gasteiger partial charge in [0.25, 0.3) is 0 Å². The maximum Gasteiger partial charge on any atom is 0.151 e. The number of hydrogen-bond donors (Lipinski definition) is 0. The van der Waals surface area contributed by atoms with E-state index in [0.717, 1.165) is 22.7 Å². The van der Waals surface area contributed by atoms with Crippen LogP contribution in [0.4, 0.5) is 0 Å². The SMILES string of the molecule is CC1(C)CC(C)(C)c2cc(C=O)c(Br)cc21. The fraction of sp³-hybridized carbons (Fsp3) is 0.500. The Balaban J connectivity index is 2.72. The Hall–Kier alpha value is -0.630. The van der Waals surface area contributed by atoms with Gasteiger partial charge in [0.15, 0.2) is 6.29 Å². The van der Waals surface area contributed by atoms with Crippen molar-refractivity contribution in [3.8, 4) is 0 Å². The molecule has 1 aromatic rings. The van der Waals surface area contributed by atoms with E-state index >= 15 is 0 Å². The second kappa shape index (κ2) is 3.43. The lowest BCUT2D eigenvalue weighted by atomic mass is 9.82. The number of carbonyl (C=O) groups excluding carboxylic acids is 1. The van der Waals surface area contributed by atoms with Gasteiger partial charge in [-0.2, -0.15) is 0 Å². The van der Waals surface area contributed by atoms with Crippen molar-refractivity contribution in [1.29, 1.82) is 0 Å². The minimum Gasteiger partial charge on any atom is -0.298 e. The van der Waals surface area contributed by atoms with Gasteiger partial charge in [-0.1, -0.05) is 43.6 Å². The molecule has 0 radical (unpaired) electrons. The summed E-state index contributed by atoms with van der Waals surface area (Å²) in [5.41, 5.74) is 3.81. The van der Waals surface area contributed by atoms with Crippen LogP contribution in [-0.2, 0) is 10.8 Å². The Bertz CT molecular complexity index is 458. The van der Waals surface area contributed by atoms with E-state index in [9.17, 15) is 4.79 Å². The smallest absolute Gasteiger partial charge is 0.151 e. The molecule has 2 rings (SSSR count). The average Bonchev–Trinajstić information content (AvgIpc) is 2.31. The highest BCUT2D eigenvalue weighted by Gasteiger charge is 2.42. The highest BCUT2D eigenvalue weighted by molar-refractivity contribution is 9.10. The van der Waals surface area contributed by atoms with Crippen molar-refractivity contribution in [3.05, 3.63) is 33.3 Å². The van der Waals surface area contributed by atoms with Crippen LogP contribution in [0.5, 0.6) is 0 Å². The molecule has 0 unspecified atom stereocenters. The summed E-state index contributed by atoms with van der Waals surface area (Å²) >= 11 is 3.47. The molecule has 1 aliphatic rings. The zero-order valence-electron chi connectivity index (χ0n) is 10.2. The van der Waals surface area contributed by atoms with E-state index in [1.165, 1.54) is 11.1 Å². The molecule has 0 saturated carbocycles. The second-order valence-electron chi connectivity index (χ2n) is 5.98. The quantitative estimate of drug-likeness (QED) is 0.704. The van der Waals surface area contributed by atoms with E-state index in [1.807, 2.05) is 6.07 Å². The topological polar surface area (TPSA) is 17.1 Å². The summed E-state index contributed by atoms with van der Waals surface area (Å²) in [4.78, 5) is 11.0. The average molecular weight is 281 g/mol. The largest absolute Gasteiger partial charge is 0.298 e. The van der Waals surface area contributed by atoms with Crippen molar-refractivity contribution in [2.75, 3.05) is 0 Å². The van der Waals surface area contributed by atoms with Crippen LogP contribution in [0.1, 0.15) is 55.6 Å². The molecule has 86 valence electrons. The first-order valence-corrected chi connectivity index (χ1v) is 6.37. The zero-order valence-corrected chi connectivity index (χ0v) is 11.8. The van der Waals surface area contributed by atoms with E-state index in [2.05, 4.69) is 49.7 Å². The number of rotatable bonds is 1. The van der Waals surface area contributed by atoms with E-state index in [-0.39, 0.29) is 10.8 Å². The Kier molecular flexibility index (Phi) is 2.54. The number of carbonyl (C=O) groups is 1. The third-order valence-corrected chi connectivity index (χ3v) is 4.29. The van der Waals surface area contributed by atoms with Crippen molar-refractivity contribution in [2.24, 2.45) is 0 Å². The van der Waals surface area contributed by atoms with Crippen LogP contribution in [0.15, 0.2) is 16.6 Å². The molecule has 0 bridgehead atoms. The van der Waals surface area contributed by atoms with E-state index in [1.54, 1.807) is 0 Å². The standard InChI is InChI=1S/C14H17BrO/c1-13(2)8-14(3,4)11-6-12(15)9(7-16)5-10(11)13/h5-7H,8H2,1-4H3. The number of benzene rings is 1. The number of hydrogen-bond acceptors (Lipinski definition) is 1. The van der Waals surface area contributed by atoms with Crippen LogP contribution in [0.2, 0.25) is 0 Å². The van der Waals surface area contributed by atoms with Crippen LogP contribution in [-0.4, -0.2) is 6.29 Å². The van der Waals surface area contributed by atoms with Gasteiger partial charge in [-0.25, -0.2) is 0 Å². The molecule has 1 aromatic carbocycles. The molecule has 0 aliphatic heterocycles. The molecule has 0 saturated heterocycles. The normalized spacial score (nSPS) is 20.6. The lowest BCUT2D eigenvalue weighted by Crippen LogP contribution is -2.17. The Labute approximate surface area is 105 Å². The highest BCUT2D eigenvalue weighted by atomic mass is 79.9. The molecular weight excluding hydrogens is 264 g/mol. The first-order chi connectivity index (χ1) is 7.28. The molecule has 0 fully saturated rings. The minimum absolute atomic E-state index is 0.164. The fourth-order valence-corrected chi connectivity index (χ4v) is 3.53. The maximum atomic E-state index is 11.0. The number of fused-ring (bicyclic) bond motifs is 1. The molecule has 0 spiro atoms. The Morgan fingerprint density at radius 2 is 1.62 bits per heavy atom. The predicted octanol–water partition coefficient (Wildman–Crippen LogP) is 4.22. The highest BCUT2D eigenvalue weighted by Crippen LogP contribution is 2.50. The van der Waals surface area contributed by atoms with E-state index in [4.69, 9.17) is 0 Å². The van der Waals surface area contributed by atoms with Crippen molar-refractivity contribution < 1.29 is 4.79 Å². The van der Waals surface area contributed by atoms with Gasteiger partial charge in [-0.05, 0) is 40.5 Å². The lowest BCUT2D eigenvalue weighted by Gasteiger charge is -2.22. The Morgan fingerprint density at radius 3 is 2.12 bits per heavy atom. The molecule has 0 heterocycles.